The monoisotopic (exact) mass is 273 g/mol. The summed E-state index contributed by atoms with van der Waals surface area (Å²) in [5, 5.41) is 13.7. The van der Waals surface area contributed by atoms with Gasteiger partial charge in [0.25, 0.3) is 5.69 Å². The molecule has 0 radical (unpaired) electrons. The van der Waals surface area contributed by atoms with Gasteiger partial charge in [-0.25, -0.2) is 0 Å². The van der Waals surface area contributed by atoms with Gasteiger partial charge in [-0.3, -0.25) is 15.1 Å². The van der Waals surface area contributed by atoms with Crippen LogP contribution in [0.1, 0.15) is 12.6 Å². The third kappa shape index (κ3) is 3.68. The second-order valence-corrected chi connectivity index (χ2v) is 4.11. The summed E-state index contributed by atoms with van der Waals surface area (Å²) in [5.41, 5.74) is 1.83. The predicted molar refractivity (Wildman–Crippen MR) is 75.8 cm³/mol. The van der Waals surface area contributed by atoms with E-state index in [0.29, 0.717) is 12.4 Å². The number of non-ortho nitro benzene ring substituents is 1. The number of rotatable bonds is 6. The first-order chi connectivity index (χ1) is 9.69. The average molecular weight is 273 g/mol. The molecule has 0 amide bonds. The molecule has 0 saturated carbocycles. The Hall–Kier alpha value is -2.63. The van der Waals surface area contributed by atoms with E-state index >= 15 is 0 Å². The SMILES string of the molecule is CCNc1ccnc(COc2ccc([N+](=O)[O-])cc2)c1. The first-order valence-corrected chi connectivity index (χ1v) is 6.25. The standard InChI is InChI=1S/C14H15N3O3/c1-2-15-11-7-8-16-12(9-11)10-20-14-5-3-13(4-6-14)17(18)19/h3-9H,2,10H2,1H3,(H,15,16). The zero-order valence-corrected chi connectivity index (χ0v) is 11.1. The van der Waals surface area contributed by atoms with Gasteiger partial charge in [-0.1, -0.05) is 0 Å². The third-order valence-corrected chi connectivity index (χ3v) is 2.63. The second-order valence-electron chi connectivity index (χ2n) is 4.11. The number of ether oxygens (including phenoxy) is 1. The first kappa shape index (κ1) is 13.8. The molecule has 1 N–H and O–H groups in total. The smallest absolute Gasteiger partial charge is 0.269 e. The molecule has 2 aromatic rings. The minimum atomic E-state index is -0.439. The lowest BCUT2D eigenvalue weighted by Gasteiger charge is -2.07. The van der Waals surface area contributed by atoms with Crippen molar-refractivity contribution in [2.45, 2.75) is 13.5 Å². The molecule has 0 aliphatic carbocycles. The highest BCUT2D eigenvalue weighted by molar-refractivity contribution is 5.43. The fraction of sp³-hybridized carbons (Fsp3) is 0.214. The quantitative estimate of drug-likeness (QED) is 0.646. The Morgan fingerprint density at radius 3 is 2.70 bits per heavy atom. The number of benzene rings is 1. The van der Waals surface area contributed by atoms with E-state index in [1.165, 1.54) is 12.1 Å². The van der Waals surface area contributed by atoms with Crippen molar-refractivity contribution in [3.63, 3.8) is 0 Å². The highest BCUT2D eigenvalue weighted by Gasteiger charge is 2.05. The summed E-state index contributed by atoms with van der Waals surface area (Å²) in [6.07, 6.45) is 1.71. The van der Waals surface area contributed by atoms with Gasteiger partial charge in [0, 0.05) is 30.6 Å². The van der Waals surface area contributed by atoms with Crippen molar-refractivity contribution >= 4 is 11.4 Å². The highest BCUT2D eigenvalue weighted by atomic mass is 16.6. The normalized spacial score (nSPS) is 10.1. The molecule has 0 saturated heterocycles. The van der Waals surface area contributed by atoms with Crippen LogP contribution in [0.5, 0.6) is 5.75 Å². The number of hydrogen-bond acceptors (Lipinski definition) is 5. The van der Waals surface area contributed by atoms with Crippen LogP contribution >= 0.6 is 0 Å². The lowest BCUT2D eigenvalue weighted by Crippen LogP contribution is -2.01. The van der Waals surface area contributed by atoms with Crippen LogP contribution in [0.25, 0.3) is 0 Å². The molecular weight excluding hydrogens is 258 g/mol. The molecule has 0 atom stereocenters. The molecular formula is C14H15N3O3. The van der Waals surface area contributed by atoms with Gasteiger partial charge in [-0.15, -0.1) is 0 Å². The van der Waals surface area contributed by atoms with Crippen molar-refractivity contribution in [1.29, 1.82) is 0 Å². The van der Waals surface area contributed by atoms with Crippen molar-refractivity contribution in [3.8, 4) is 5.75 Å². The van der Waals surface area contributed by atoms with Crippen molar-refractivity contribution in [2.75, 3.05) is 11.9 Å². The first-order valence-electron chi connectivity index (χ1n) is 6.25. The number of anilines is 1. The summed E-state index contributed by atoms with van der Waals surface area (Å²) < 4.78 is 5.55. The fourth-order valence-electron chi connectivity index (χ4n) is 1.69. The van der Waals surface area contributed by atoms with Crippen LogP contribution in [-0.2, 0) is 6.61 Å². The molecule has 1 aromatic carbocycles. The summed E-state index contributed by atoms with van der Waals surface area (Å²) in [6, 6.07) is 9.78. The van der Waals surface area contributed by atoms with Gasteiger partial charge in [0.15, 0.2) is 0 Å². The fourth-order valence-corrected chi connectivity index (χ4v) is 1.69. The zero-order valence-electron chi connectivity index (χ0n) is 11.1. The maximum atomic E-state index is 10.5. The second kappa shape index (κ2) is 6.51. The van der Waals surface area contributed by atoms with Crippen molar-refractivity contribution in [1.82, 2.24) is 4.98 Å². The zero-order chi connectivity index (χ0) is 14.4. The van der Waals surface area contributed by atoms with Crippen LogP contribution in [0.15, 0.2) is 42.6 Å². The molecule has 2 rings (SSSR count). The largest absolute Gasteiger partial charge is 0.487 e. The summed E-state index contributed by atoms with van der Waals surface area (Å²) in [6.45, 7) is 3.18. The van der Waals surface area contributed by atoms with Crippen LogP contribution < -0.4 is 10.1 Å². The van der Waals surface area contributed by atoms with Crippen molar-refractivity contribution in [2.24, 2.45) is 0 Å². The van der Waals surface area contributed by atoms with Crippen LogP contribution in [0.2, 0.25) is 0 Å². The van der Waals surface area contributed by atoms with Gasteiger partial charge in [-0.2, -0.15) is 0 Å². The molecule has 0 spiro atoms. The Kier molecular flexibility index (Phi) is 4.49. The molecule has 6 nitrogen and oxygen atoms in total. The van der Waals surface area contributed by atoms with Crippen LogP contribution in [0.4, 0.5) is 11.4 Å². The van der Waals surface area contributed by atoms with E-state index in [1.807, 2.05) is 19.1 Å². The summed E-state index contributed by atoms with van der Waals surface area (Å²) >= 11 is 0. The third-order valence-electron chi connectivity index (χ3n) is 2.63. The van der Waals surface area contributed by atoms with Crippen molar-refractivity contribution in [3.05, 3.63) is 58.4 Å². The maximum absolute atomic E-state index is 10.5. The molecule has 0 bridgehead atoms. The summed E-state index contributed by atoms with van der Waals surface area (Å²) in [4.78, 5) is 14.3. The average Bonchev–Trinajstić information content (AvgIpc) is 2.46. The van der Waals surface area contributed by atoms with Crippen LogP contribution in [-0.4, -0.2) is 16.5 Å². The molecule has 6 heteroatoms. The van der Waals surface area contributed by atoms with E-state index in [1.54, 1.807) is 18.3 Å². The van der Waals surface area contributed by atoms with E-state index in [-0.39, 0.29) is 5.69 Å². The van der Waals surface area contributed by atoms with E-state index in [4.69, 9.17) is 4.74 Å². The van der Waals surface area contributed by atoms with E-state index in [9.17, 15) is 10.1 Å². The summed E-state index contributed by atoms with van der Waals surface area (Å²) in [5.74, 6) is 0.575. The Balaban J connectivity index is 1.97. The topological polar surface area (TPSA) is 77.3 Å². The molecule has 1 heterocycles. The van der Waals surface area contributed by atoms with Gasteiger partial charge in [0.2, 0.25) is 0 Å². The molecule has 0 unspecified atom stereocenters. The number of nitro groups is 1. The minimum Gasteiger partial charge on any atom is -0.487 e. The molecule has 0 aliphatic rings. The van der Waals surface area contributed by atoms with Crippen LogP contribution in [0, 0.1) is 10.1 Å². The number of pyridine rings is 1. The van der Waals surface area contributed by atoms with E-state index < -0.39 is 4.92 Å². The van der Waals surface area contributed by atoms with Gasteiger partial charge in [0.05, 0.1) is 10.6 Å². The Bertz CT molecular complexity index is 584. The van der Waals surface area contributed by atoms with Gasteiger partial charge in [0.1, 0.15) is 12.4 Å². The lowest BCUT2D eigenvalue weighted by molar-refractivity contribution is -0.384. The number of hydrogen-bond donors (Lipinski definition) is 1. The van der Waals surface area contributed by atoms with E-state index in [0.717, 1.165) is 17.9 Å². The highest BCUT2D eigenvalue weighted by Crippen LogP contribution is 2.18. The molecule has 20 heavy (non-hydrogen) atoms. The lowest BCUT2D eigenvalue weighted by atomic mass is 10.3. The molecule has 0 aliphatic heterocycles. The Morgan fingerprint density at radius 2 is 2.05 bits per heavy atom. The Morgan fingerprint density at radius 1 is 1.30 bits per heavy atom. The minimum absolute atomic E-state index is 0.0459. The van der Waals surface area contributed by atoms with Gasteiger partial charge < -0.3 is 10.1 Å². The number of aromatic nitrogens is 1. The number of nitro benzene ring substituents is 1. The van der Waals surface area contributed by atoms with E-state index in [2.05, 4.69) is 10.3 Å². The summed E-state index contributed by atoms with van der Waals surface area (Å²) in [7, 11) is 0. The van der Waals surface area contributed by atoms with Gasteiger partial charge in [-0.05, 0) is 31.2 Å². The predicted octanol–water partition coefficient (Wildman–Crippen LogP) is 3.00. The Labute approximate surface area is 116 Å². The van der Waals surface area contributed by atoms with Crippen molar-refractivity contribution < 1.29 is 9.66 Å². The molecule has 0 fully saturated rings. The number of nitrogens with zero attached hydrogens (tertiary/aromatic N) is 2. The van der Waals surface area contributed by atoms with Crippen LogP contribution in [0.3, 0.4) is 0 Å². The molecule has 1 aromatic heterocycles. The number of nitrogens with one attached hydrogen (secondary N) is 1. The molecule has 104 valence electrons. The van der Waals surface area contributed by atoms with Gasteiger partial charge >= 0.3 is 0 Å². The maximum Gasteiger partial charge on any atom is 0.269 e.